The number of anilines is 1. The average Bonchev–Trinajstić information content (AvgIpc) is 3.19. The van der Waals surface area contributed by atoms with Crippen LogP contribution < -0.4 is 5.32 Å². The number of rotatable bonds is 6. The maximum Gasteiger partial charge on any atom is 0.321 e. The summed E-state index contributed by atoms with van der Waals surface area (Å²) in [6.45, 7) is 2.60. The van der Waals surface area contributed by atoms with Crippen molar-refractivity contribution in [1.82, 2.24) is 9.88 Å². The number of hydrogen-bond acceptors (Lipinski definition) is 5. The number of benzene rings is 2. The molecule has 0 aliphatic carbocycles. The number of hydrogen-bond donors (Lipinski definition) is 1. The summed E-state index contributed by atoms with van der Waals surface area (Å²) < 4.78 is 11.9. The van der Waals surface area contributed by atoms with E-state index in [-0.39, 0.29) is 12.1 Å². The second-order valence-electron chi connectivity index (χ2n) is 7.05. The molecule has 1 aliphatic heterocycles. The molecule has 1 aliphatic rings. The number of likely N-dealkylation sites (tertiary alicyclic amines) is 1. The fraction of sp³-hybridized carbons (Fsp3) is 0.364. The van der Waals surface area contributed by atoms with Crippen LogP contribution in [0, 0.1) is 0 Å². The van der Waals surface area contributed by atoms with E-state index in [4.69, 9.17) is 14.5 Å². The van der Waals surface area contributed by atoms with Crippen molar-refractivity contribution in [2.75, 3.05) is 38.7 Å². The van der Waals surface area contributed by atoms with Crippen LogP contribution in [-0.4, -0.2) is 55.4 Å². The van der Waals surface area contributed by atoms with Crippen molar-refractivity contribution in [3.63, 3.8) is 0 Å². The van der Waals surface area contributed by atoms with Crippen molar-refractivity contribution in [3.8, 4) is 10.6 Å². The summed E-state index contributed by atoms with van der Waals surface area (Å²) in [6.07, 6.45) is 1.91. The molecule has 1 fully saturated rings. The average molecular weight is 412 g/mol. The molecular formula is C22H25N3O3S. The van der Waals surface area contributed by atoms with Crippen molar-refractivity contribution < 1.29 is 14.3 Å². The SMILES string of the molecule is COCCOC1CCN(C(=O)Nc2cccc(-c3nc4ccccc4s3)c2)CC1. The summed E-state index contributed by atoms with van der Waals surface area (Å²) in [5.41, 5.74) is 2.79. The van der Waals surface area contributed by atoms with Crippen molar-refractivity contribution in [3.05, 3.63) is 48.5 Å². The summed E-state index contributed by atoms with van der Waals surface area (Å²) in [5, 5.41) is 3.98. The van der Waals surface area contributed by atoms with Crippen LogP contribution in [0.15, 0.2) is 48.5 Å². The third-order valence-electron chi connectivity index (χ3n) is 5.02. The lowest BCUT2D eigenvalue weighted by Gasteiger charge is -2.32. The summed E-state index contributed by atoms with van der Waals surface area (Å²) in [5.74, 6) is 0. The van der Waals surface area contributed by atoms with Gasteiger partial charge in [0.15, 0.2) is 0 Å². The smallest absolute Gasteiger partial charge is 0.321 e. The number of thiazole rings is 1. The van der Waals surface area contributed by atoms with E-state index in [1.807, 2.05) is 47.4 Å². The number of carbonyl (C=O) groups excluding carboxylic acids is 1. The van der Waals surface area contributed by atoms with Gasteiger partial charge in [-0.25, -0.2) is 9.78 Å². The van der Waals surface area contributed by atoms with Crippen LogP contribution in [0.5, 0.6) is 0 Å². The molecule has 29 heavy (non-hydrogen) atoms. The molecule has 4 rings (SSSR count). The zero-order valence-electron chi connectivity index (χ0n) is 16.5. The molecule has 2 heterocycles. The normalized spacial score (nSPS) is 15.0. The Balaban J connectivity index is 1.36. The Kier molecular flexibility index (Phi) is 6.39. The van der Waals surface area contributed by atoms with Crippen LogP contribution in [0.1, 0.15) is 12.8 Å². The number of methoxy groups -OCH3 is 1. The minimum absolute atomic E-state index is 0.0678. The monoisotopic (exact) mass is 411 g/mol. The minimum Gasteiger partial charge on any atom is -0.382 e. The van der Waals surface area contributed by atoms with Gasteiger partial charge < -0.3 is 19.7 Å². The summed E-state index contributed by atoms with van der Waals surface area (Å²) in [7, 11) is 1.67. The van der Waals surface area contributed by atoms with Gasteiger partial charge in [-0.05, 0) is 37.1 Å². The van der Waals surface area contributed by atoms with Gasteiger partial charge in [0.05, 0.1) is 29.5 Å². The number of amides is 2. The third-order valence-corrected chi connectivity index (χ3v) is 6.11. The molecule has 6 nitrogen and oxygen atoms in total. The van der Waals surface area contributed by atoms with Gasteiger partial charge >= 0.3 is 6.03 Å². The molecular weight excluding hydrogens is 386 g/mol. The Morgan fingerprint density at radius 2 is 2.00 bits per heavy atom. The highest BCUT2D eigenvalue weighted by atomic mass is 32.1. The Morgan fingerprint density at radius 1 is 1.17 bits per heavy atom. The van der Waals surface area contributed by atoms with E-state index in [0.717, 1.165) is 39.3 Å². The Labute approximate surface area is 174 Å². The standard InChI is InChI=1S/C22H25N3O3S/c1-27-13-14-28-18-9-11-25(12-10-18)22(26)23-17-6-4-5-16(15-17)21-24-19-7-2-3-8-20(19)29-21/h2-8,15,18H,9-14H2,1H3,(H,23,26). The van der Waals surface area contributed by atoms with Crippen molar-refractivity contribution in [1.29, 1.82) is 0 Å². The minimum atomic E-state index is -0.0678. The van der Waals surface area contributed by atoms with E-state index in [1.165, 1.54) is 0 Å². The first-order valence-electron chi connectivity index (χ1n) is 9.85. The van der Waals surface area contributed by atoms with Crippen LogP contribution in [0.2, 0.25) is 0 Å². The molecule has 1 aromatic heterocycles. The second-order valence-corrected chi connectivity index (χ2v) is 8.08. The molecule has 7 heteroatoms. The molecule has 0 unspecified atom stereocenters. The van der Waals surface area contributed by atoms with Gasteiger partial charge in [0.2, 0.25) is 0 Å². The Hall–Kier alpha value is -2.48. The van der Waals surface area contributed by atoms with Gasteiger partial charge in [0, 0.05) is 31.5 Å². The van der Waals surface area contributed by atoms with E-state index < -0.39 is 0 Å². The van der Waals surface area contributed by atoms with Crippen LogP contribution in [0.25, 0.3) is 20.8 Å². The molecule has 3 aromatic rings. The zero-order valence-corrected chi connectivity index (χ0v) is 17.3. The van der Waals surface area contributed by atoms with Gasteiger partial charge in [-0.15, -0.1) is 11.3 Å². The van der Waals surface area contributed by atoms with E-state index in [0.29, 0.717) is 26.3 Å². The largest absolute Gasteiger partial charge is 0.382 e. The molecule has 152 valence electrons. The molecule has 0 saturated carbocycles. The van der Waals surface area contributed by atoms with Gasteiger partial charge in [-0.2, -0.15) is 0 Å². The maximum absolute atomic E-state index is 12.7. The first-order chi connectivity index (χ1) is 14.2. The number of aromatic nitrogens is 1. The van der Waals surface area contributed by atoms with Gasteiger partial charge in [0.1, 0.15) is 5.01 Å². The van der Waals surface area contributed by atoms with Crippen LogP contribution in [-0.2, 0) is 9.47 Å². The third kappa shape index (κ3) is 4.93. The second kappa shape index (κ2) is 9.35. The number of nitrogens with one attached hydrogen (secondary N) is 1. The lowest BCUT2D eigenvalue weighted by molar-refractivity contribution is -0.00851. The summed E-state index contributed by atoms with van der Waals surface area (Å²) >= 11 is 1.66. The highest BCUT2D eigenvalue weighted by Gasteiger charge is 2.23. The van der Waals surface area contributed by atoms with Crippen molar-refractivity contribution in [2.24, 2.45) is 0 Å². The molecule has 1 N–H and O–H groups in total. The topological polar surface area (TPSA) is 63.7 Å². The number of piperidine rings is 1. The number of urea groups is 1. The predicted molar refractivity (Wildman–Crippen MR) is 116 cm³/mol. The van der Waals surface area contributed by atoms with E-state index in [9.17, 15) is 4.79 Å². The first-order valence-corrected chi connectivity index (χ1v) is 10.7. The number of carbonyl (C=O) groups is 1. The lowest BCUT2D eigenvalue weighted by atomic mass is 10.1. The molecule has 0 radical (unpaired) electrons. The van der Waals surface area contributed by atoms with E-state index in [2.05, 4.69) is 11.4 Å². The van der Waals surface area contributed by atoms with Gasteiger partial charge in [-0.3, -0.25) is 0 Å². The van der Waals surface area contributed by atoms with E-state index in [1.54, 1.807) is 18.4 Å². The van der Waals surface area contributed by atoms with Crippen molar-refractivity contribution >= 4 is 33.3 Å². The number of ether oxygens (including phenoxy) is 2. The molecule has 2 amide bonds. The van der Waals surface area contributed by atoms with Crippen LogP contribution in [0.4, 0.5) is 10.5 Å². The zero-order chi connectivity index (χ0) is 20.1. The summed E-state index contributed by atoms with van der Waals surface area (Å²) in [6, 6.07) is 15.9. The Bertz CT molecular complexity index is 934. The number of fused-ring (bicyclic) bond motifs is 1. The van der Waals surface area contributed by atoms with Crippen molar-refractivity contribution in [2.45, 2.75) is 18.9 Å². The fourth-order valence-corrected chi connectivity index (χ4v) is 4.41. The fourth-order valence-electron chi connectivity index (χ4n) is 3.45. The lowest BCUT2D eigenvalue weighted by Crippen LogP contribution is -2.43. The molecule has 0 atom stereocenters. The quantitative estimate of drug-likeness (QED) is 0.601. The predicted octanol–water partition coefficient (Wildman–Crippen LogP) is 4.62. The number of para-hydroxylation sites is 1. The van der Waals surface area contributed by atoms with Crippen LogP contribution >= 0.6 is 11.3 Å². The maximum atomic E-state index is 12.7. The molecule has 2 aromatic carbocycles. The van der Waals surface area contributed by atoms with Gasteiger partial charge in [0.25, 0.3) is 0 Å². The highest BCUT2D eigenvalue weighted by Crippen LogP contribution is 2.31. The summed E-state index contributed by atoms with van der Waals surface area (Å²) in [4.78, 5) is 19.2. The van der Waals surface area contributed by atoms with Gasteiger partial charge in [-0.1, -0.05) is 24.3 Å². The van der Waals surface area contributed by atoms with E-state index >= 15 is 0 Å². The molecule has 0 spiro atoms. The first kappa shape index (κ1) is 19.8. The molecule has 1 saturated heterocycles. The Morgan fingerprint density at radius 3 is 2.79 bits per heavy atom. The highest BCUT2D eigenvalue weighted by molar-refractivity contribution is 7.21. The molecule has 0 bridgehead atoms. The number of nitrogens with zero attached hydrogens (tertiary/aromatic N) is 2. The van der Waals surface area contributed by atoms with Crippen LogP contribution in [0.3, 0.4) is 0 Å².